The molecule has 0 atom stereocenters. The molecule has 0 unspecified atom stereocenters. The molecule has 1 aromatic carbocycles. The zero-order valence-corrected chi connectivity index (χ0v) is 13.9. The van der Waals surface area contributed by atoms with Crippen molar-refractivity contribution in [1.82, 2.24) is 9.97 Å². The normalized spacial score (nSPS) is 10.8. The molecule has 23 heavy (non-hydrogen) atoms. The van der Waals surface area contributed by atoms with Gasteiger partial charge in [0.1, 0.15) is 5.69 Å². The lowest BCUT2D eigenvalue weighted by atomic mass is 10.1. The maximum Gasteiger partial charge on any atom is 0.175 e. The Hall–Kier alpha value is -2.49. The number of sulfone groups is 1. The molecule has 3 rings (SSSR count). The molecule has 0 saturated carbocycles. The second kappa shape index (κ2) is 6.32. The highest BCUT2D eigenvalue weighted by molar-refractivity contribution is 7.90. The Morgan fingerprint density at radius 3 is 2.48 bits per heavy atom. The molecule has 0 amide bonds. The highest BCUT2D eigenvalue weighted by atomic mass is 32.2. The molecule has 0 aliphatic rings. The van der Waals surface area contributed by atoms with Gasteiger partial charge in [0.25, 0.3) is 0 Å². The SMILES string of the molecule is CS(=O)(=O)c1ccc(-c2cncc(C#Cc3cccs3)n2)cc1. The lowest BCUT2D eigenvalue weighted by molar-refractivity contribution is 0.602. The van der Waals surface area contributed by atoms with E-state index < -0.39 is 9.84 Å². The lowest BCUT2D eigenvalue weighted by Crippen LogP contribution is -1.96. The maximum atomic E-state index is 11.5. The molecule has 3 aromatic rings. The highest BCUT2D eigenvalue weighted by Gasteiger charge is 2.07. The molecule has 0 aliphatic heterocycles. The molecule has 114 valence electrons. The van der Waals surface area contributed by atoms with Crippen molar-refractivity contribution >= 4 is 21.2 Å². The number of aromatic nitrogens is 2. The molecule has 2 aromatic heterocycles. The van der Waals surface area contributed by atoms with Crippen molar-refractivity contribution in [2.75, 3.05) is 6.26 Å². The molecule has 0 spiro atoms. The van der Waals surface area contributed by atoms with Crippen molar-refractivity contribution in [2.45, 2.75) is 4.90 Å². The topological polar surface area (TPSA) is 59.9 Å². The minimum absolute atomic E-state index is 0.280. The average molecular weight is 340 g/mol. The minimum Gasteiger partial charge on any atom is -0.259 e. The van der Waals surface area contributed by atoms with Crippen LogP contribution in [-0.4, -0.2) is 24.6 Å². The van der Waals surface area contributed by atoms with Gasteiger partial charge >= 0.3 is 0 Å². The molecule has 0 bridgehead atoms. The van der Waals surface area contributed by atoms with Gasteiger partial charge < -0.3 is 0 Å². The van der Waals surface area contributed by atoms with Crippen molar-refractivity contribution in [3.05, 3.63) is 64.7 Å². The predicted molar refractivity (Wildman–Crippen MR) is 90.9 cm³/mol. The van der Waals surface area contributed by atoms with Gasteiger partial charge in [-0.1, -0.05) is 18.2 Å². The third-order valence-electron chi connectivity index (χ3n) is 3.05. The van der Waals surface area contributed by atoms with Gasteiger partial charge in [-0.25, -0.2) is 13.4 Å². The summed E-state index contributed by atoms with van der Waals surface area (Å²) in [6, 6.07) is 10.5. The van der Waals surface area contributed by atoms with E-state index in [1.165, 1.54) is 6.26 Å². The van der Waals surface area contributed by atoms with Crippen molar-refractivity contribution < 1.29 is 8.42 Å². The van der Waals surface area contributed by atoms with Gasteiger partial charge in [0, 0.05) is 11.8 Å². The largest absolute Gasteiger partial charge is 0.259 e. The van der Waals surface area contributed by atoms with Gasteiger partial charge in [-0.05, 0) is 35.4 Å². The molecule has 0 N–H and O–H groups in total. The first-order chi connectivity index (χ1) is 11.0. The summed E-state index contributed by atoms with van der Waals surface area (Å²) in [6.07, 6.45) is 4.42. The summed E-state index contributed by atoms with van der Waals surface area (Å²) in [5.41, 5.74) is 2.02. The molecule has 2 heterocycles. The van der Waals surface area contributed by atoms with Crippen molar-refractivity contribution in [1.29, 1.82) is 0 Å². The first-order valence-electron chi connectivity index (χ1n) is 6.70. The second-order valence-electron chi connectivity index (χ2n) is 4.81. The van der Waals surface area contributed by atoms with E-state index in [0.717, 1.165) is 10.4 Å². The van der Waals surface area contributed by atoms with Crippen LogP contribution < -0.4 is 0 Å². The van der Waals surface area contributed by atoms with E-state index >= 15 is 0 Å². The Labute approximate surface area is 138 Å². The Morgan fingerprint density at radius 1 is 1.04 bits per heavy atom. The van der Waals surface area contributed by atoms with Crippen LogP contribution in [0.3, 0.4) is 0 Å². The van der Waals surface area contributed by atoms with Gasteiger partial charge in [-0.2, -0.15) is 0 Å². The van der Waals surface area contributed by atoms with Crippen LogP contribution in [0.1, 0.15) is 10.6 Å². The first-order valence-corrected chi connectivity index (χ1v) is 9.47. The van der Waals surface area contributed by atoms with E-state index in [-0.39, 0.29) is 4.90 Å². The van der Waals surface area contributed by atoms with Crippen molar-refractivity contribution in [2.24, 2.45) is 0 Å². The van der Waals surface area contributed by atoms with Crippen LogP contribution in [0.4, 0.5) is 0 Å². The molecule has 0 radical (unpaired) electrons. The predicted octanol–water partition coefficient (Wildman–Crippen LogP) is 3.01. The van der Waals surface area contributed by atoms with E-state index in [1.54, 1.807) is 48.0 Å². The number of hydrogen-bond acceptors (Lipinski definition) is 5. The Bertz CT molecular complexity index is 981. The van der Waals surface area contributed by atoms with Crippen molar-refractivity contribution in [3.8, 4) is 23.1 Å². The van der Waals surface area contributed by atoms with Crippen LogP contribution in [-0.2, 0) is 9.84 Å². The third-order valence-corrected chi connectivity index (χ3v) is 4.96. The smallest absolute Gasteiger partial charge is 0.175 e. The number of hydrogen-bond donors (Lipinski definition) is 0. The Kier molecular flexibility index (Phi) is 4.24. The number of thiophene rings is 1. The zero-order valence-electron chi connectivity index (χ0n) is 12.2. The number of rotatable bonds is 2. The summed E-state index contributed by atoms with van der Waals surface area (Å²) in [6.45, 7) is 0. The van der Waals surface area contributed by atoms with E-state index in [1.807, 2.05) is 17.5 Å². The van der Waals surface area contributed by atoms with Gasteiger partial charge in [0.15, 0.2) is 9.84 Å². The zero-order chi connectivity index (χ0) is 16.3. The van der Waals surface area contributed by atoms with Crippen LogP contribution in [0.15, 0.2) is 59.1 Å². The standard InChI is InChI=1S/C17H12N2O2S2/c1-23(20,21)16-8-4-13(5-9-16)17-12-18-11-14(19-17)6-7-15-3-2-10-22-15/h2-5,8-12H,1H3. The van der Waals surface area contributed by atoms with Gasteiger partial charge in [0.2, 0.25) is 0 Å². The molecule has 4 nitrogen and oxygen atoms in total. The van der Waals surface area contributed by atoms with E-state index in [2.05, 4.69) is 21.8 Å². The maximum absolute atomic E-state index is 11.5. The Morgan fingerprint density at radius 2 is 1.83 bits per heavy atom. The fraction of sp³-hybridized carbons (Fsp3) is 0.0588. The monoisotopic (exact) mass is 340 g/mol. The summed E-state index contributed by atoms with van der Waals surface area (Å²) >= 11 is 1.57. The lowest BCUT2D eigenvalue weighted by Gasteiger charge is -2.02. The quantitative estimate of drug-likeness (QED) is 0.673. The third kappa shape index (κ3) is 3.83. The molecule has 0 saturated heterocycles. The Balaban J connectivity index is 1.91. The minimum atomic E-state index is -3.20. The molecule has 0 fully saturated rings. The summed E-state index contributed by atoms with van der Waals surface area (Å²) in [7, 11) is -3.20. The van der Waals surface area contributed by atoms with Crippen LogP contribution in [0.5, 0.6) is 0 Å². The van der Waals surface area contributed by atoms with Gasteiger partial charge in [0.05, 0.1) is 27.9 Å². The highest BCUT2D eigenvalue weighted by Crippen LogP contribution is 2.19. The fourth-order valence-electron chi connectivity index (χ4n) is 1.91. The molecular formula is C17H12N2O2S2. The van der Waals surface area contributed by atoms with Crippen LogP contribution in [0.25, 0.3) is 11.3 Å². The molecule has 0 aliphatic carbocycles. The van der Waals surface area contributed by atoms with Crippen LogP contribution >= 0.6 is 11.3 Å². The molecule has 6 heteroatoms. The summed E-state index contributed by atoms with van der Waals surface area (Å²) < 4.78 is 23.0. The van der Waals surface area contributed by atoms with Gasteiger partial charge in [-0.3, -0.25) is 4.98 Å². The molecular weight excluding hydrogens is 328 g/mol. The number of benzene rings is 1. The number of nitrogens with zero attached hydrogens (tertiary/aromatic N) is 2. The van der Waals surface area contributed by atoms with E-state index in [0.29, 0.717) is 11.4 Å². The van der Waals surface area contributed by atoms with Crippen LogP contribution in [0, 0.1) is 11.8 Å². The first kappa shape index (κ1) is 15.4. The van der Waals surface area contributed by atoms with Crippen molar-refractivity contribution in [3.63, 3.8) is 0 Å². The summed E-state index contributed by atoms with van der Waals surface area (Å²) in [5, 5.41) is 1.97. The fourth-order valence-corrected chi connectivity index (χ4v) is 3.11. The van der Waals surface area contributed by atoms with Gasteiger partial charge in [-0.15, -0.1) is 11.3 Å². The van der Waals surface area contributed by atoms with Crippen LogP contribution in [0.2, 0.25) is 0 Å². The summed E-state index contributed by atoms with van der Waals surface area (Å²) in [4.78, 5) is 9.85. The van der Waals surface area contributed by atoms with E-state index in [4.69, 9.17) is 0 Å². The van der Waals surface area contributed by atoms with E-state index in [9.17, 15) is 8.42 Å². The second-order valence-corrected chi connectivity index (χ2v) is 7.78. The summed E-state index contributed by atoms with van der Waals surface area (Å²) in [5.74, 6) is 6.02. The average Bonchev–Trinajstić information content (AvgIpc) is 3.06.